The second kappa shape index (κ2) is 5.58. The van der Waals surface area contributed by atoms with E-state index in [9.17, 15) is 0 Å². The lowest BCUT2D eigenvalue weighted by Crippen LogP contribution is -2.19. The van der Waals surface area contributed by atoms with Gasteiger partial charge in [0.25, 0.3) is 0 Å². The van der Waals surface area contributed by atoms with Gasteiger partial charge in [-0.25, -0.2) is 0 Å². The fraction of sp³-hybridized carbons (Fsp3) is 0.333. The summed E-state index contributed by atoms with van der Waals surface area (Å²) in [7, 11) is 0. The topological polar surface area (TPSA) is 12.0 Å². The van der Waals surface area contributed by atoms with E-state index < -0.39 is 0 Å². The highest BCUT2D eigenvalue weighted by molar-refractivity contribution is 5.69. The molecule has 3 rings (SSSR count). The van der Waals surface area contributed by atoms with Gasteiger partial charge < -0.3 is 5.32 Å². The minimum Gasteiger partial charge on any atom is -0.310 e. The van der Waals surface area contributed by atoms with Crippen LogP contribution in [0.25, 0.3) is 11.1 Å². The first kappa shape index (κ1) is 12.4. The third-order valence-electron chi connectivity index (χ3n) is 4.00. The Hall–Kier alpha value is -1.60. The first-order chi connectivity index (χ1) is 9.40. The number of benzene rings is 2. The van der Waals surface area contributed by atoms with Gasteiger partial charge in [0.2, 0.25) is 0 Å². The highest BCUT2D eigenvalue weighted by Gasteiger charge is 2.23. The third kappa shape index (κ3) is 2.43. The van der Waals surface area contributed by atoms with Crippen molar-refractivity contribution in [2.75, 3.05) is 6.54 Å². The average molecular weight is 251 g/mol. The molecule has 0 aromatic heterocycles. The van der Waals surface area contributed by atoms with Crippen LogP contribution < -0.4 is 5.32 Å². The van der Waals surface area contributed by atoms with E-state index in [0.29, 0.717) is 6.04 Å². The zero-order valence-corrected chi connectivity index (χ0v) is 11.5. The van der Waals surface area contributed by atoms with Crippen LogP contribution in [0.2, 0.25) is 0 Å². The lowest BCUT2D eigenvalue weighted by atomic mass is 9.96. The second-order valence-corrected chi connectivity index (χ2v) is 5.28. The Morgan fingerprint density at radius 2 is 1.89 bits per heavy atom. The Bertz CT molecular complexity index is 545. The molecule has 0 saturated heterocycles. The molecule has 1 aliphatic rings. The molecule has 0 amide bonds. The van der Waals surface area contributed by atoms with Crippen molar-refractivity contribution in [3.63, 3.8) is 0 Å². The maximum absolute atomic E-state index is 3.67. The van der Waals surface area contributed by atoms with Gasteiger partial charge in [0, 0.05) is 6.04 Å². The van der Waals surface area contributed by atoms with E-state index in [2.05, 4.69) is 60.8 Å². The molecule has 0 heterocycles. The molecule has 0 radical (unpaired) electrons. The van der Waals surface area contributed by atoms with Crippen molar-refractivity contribution in [1.82, 2.24) is 5.32 Å². The average Bonchev–Trinajstić information content (AvgIpc) is 2.89. The number of fused-ring (bicyclic) bond motifs is 1. The molecule has 1 nitrogen and oxygen atoms in total. The van der Waals surface area contributed by atoms with Crippen molar-refractivity contribution >= 4 is 0 Å². The van der Waals surface area contributed by atoms with E-state index in [-0.39, 0.29) is 0 Å². The summed E-state index contributed by atoms with van der Waals surface area (Å²) in [5.41, 5.74) is 5.81. The van der Waals surface area contributed by atoms with Crippen molar-refractivity contribution in [3.8, 4) is 11.1 Å². The fourth-order valence-electron chi connectivity index (χ4n) is 3.07. The summed E-state index contributed by atoms with van der Waals surface area (Å²) in [4.78, 5) is 0. The molecule has 2 aromatic rings. The molecule has 1 unspecified atom stereocenters. The summed E-state index contributed by atoms with van der Waals surface area (Å²) < 4.78 is 0. The Morgan fingerprint density at radius 3 is 2.68 bits per heavy atom. The molecular weight excluding hydrogens is 230 g/mol. The normalized spacial score (nSPS) is 17.4. The Balaban J connectivity index is 1.95. The van der Waals surface area contributed by atoms with Gasteiger partial charge in [-0.05, 0) is 48.1 Å². The van der Waals surface area contributed by atoms with Crippen molar-refractivity contribution < 1.29 is 0 Å². The van der Waals surface area contributed by atoms with E-state index in [1.54, 1.807) is 5.56 Å². The van der Waals surface area contributed by atoms with Gasteiger partial charge in [0.1, 0.15) is 0 Å². The first-order valence-corrected chi connectivity index (χ1v) is 7.30. The van der Waals surface area contributed by atoms with E-state index in [0.717, 1.165) is 6.54 Å². The van der Waals surface area contributed by atoms with Crippen molar-refractivity contribution in [3.05, 3.63) is 59.7 Å². The zero-order chi connectivity index (χ0) is 13.1. The van der Waals surface area contributed by atoms with Crippen molar-refractivity contribution in [2.45, 2.75) is 32.2 Å². The Morgan fingerprint density at radius 1 is 1.05 bits per heavy atom. The standard InChI is InChI=1S/C18H21N/c1-2-13-19-18-12-11-16-15(9-6-10-17(16)18)14-7-4-3-5-8-14/h3-10,18-19H,2,11-13H2,1H3. The van der Waals surface area contributed by atoms with Gasteiger partial charge in [-0.3, -0.25) is 0 Å². The monoisotopic (exact) mass is 251 g/mol. The van der Waals surface area contributed by atoms with Gasteiger partial charge in [-0.1, -0.05) is 55.5 Å². The van der Waals surface area contributed by atoms with E-state index in [1.807, 2.05) is 0 Å². The summed E-state index contributed by atoms with van der Waals surface area (Å²) in [6.45, 7) is 3.34. The van der Waals surface area contributed by atoms with Crippen molar-refractivity contribution in [2.24, 2.45) is 0 Å². The summed E-state index contributed by atoms with van der Waals surface area (Å²) in [6, 6.07) is 18.1. The van der Waals surface area contributed by atoms with E-state index in [1.165, 1.54) is 36.0 Å². The lowest BCUT2D eigenvalue weighted by molar-refractivity contribution is 0.529. The summed E-state index contributed by atoms with van der Waals surface area (Å²) >= 11 is 0. The fourth-order valence-corrected chi connectivity index (χ4v) is 3.07. The first-order valence-electron chi connectivity index (χ1n) is 7.30. The predicted molar refractivity (Wildman–Crippen MR) is 81.2 cm³/mol. The zero-order valence-electron chi connectivity index (χ0n) is 11.5. The van der Waals surface area contributed by atoms with E-state index in [4.69, 9.17) is 0 Å². The van der Waals surface area contributed by atoms with Crippen LogP contribution in [-0.2, 0) is 6.42 Å². The van der Waals surface area contributed by atoms with Gasteiger partial charge >= 0.3 is 0 Å². The molecule has 2 aromatic carbocycles. The number of hydrogen-bond acceptors (Lipinski definition) is 1. The summed E-state index contributed by atoms with van der Waals surface area (Å²) in [6.07, 6.45) is 3.63. The molecule has 1 heteroatoms. The van der Waals surface area contributed by atoms with Crippen LogP contribution in [0.15, 0.2) is 48.5 Å². The summed E-state index contributed by atoms with van der Waals surface area (Å²) in [5, 5.41) is 3.67. The highest BCUT2D eigenvalue weighted by atomic mass is 14.9. The van der Waals surface area contributed by atoms with Crippen LogP contribution >= 0.6 is 0 Å². The lowest BCUT2D eigenvalue weighted by Gasteiger charge is -2.14. The molecule has 19 heavy (non-hydrogen) atoms. The third-order valence-corrected chi connectivity index (χ3v) is 4.00. The smallest absolute Gasteiger partial charge is 0.0326 e. The maximum atomic E-state index is 3.67. The Kier molecular flexibility index (Phi) is 3.65. The molecule has 0 aliphatic heterocycles. The van der Waals surface area contributed by atoms with Gasteiger partial charge in [-0.2, -0.15) is 0 Å². The van der Waals surface area contributed by atoms with Gasteiger partial charge in [0.15, 0.2) is 0 Å². The second-order valence-electron chi connectivity index (χ2n) is 5.28. The maximum Gasteiger partial charge on any atom is 0.0326 e. The van der Waals surface area contributed by atoms with Crippen molar-refractivity contribution in [1.29, 1.82) is 0 Å². The number of rotatable bonds is 4. The highest BCUT2D eigenvalue weighted by Crippen LogP contribution is 2.37. The number of hydrogen-bond donors (Lipinski definition) is 1. The minimum atomic E-state index is 0.554. The summed E-state index contributed by atoms with van der Waals surface area (Å²) in [5.74, 6) is 0. The van der Waals surface area contributed by atoms with Gasteiger partial charge in [0.05, 0.1) is 0 Å². The molecule has 0 saturated carbocycles. The molecule has 0 bridgehead atoms. The molecule has 1 aliphatic carbocycles. The SMILES string of the molecule is CCCNC1CCc2c(-c3ccccc3)cccc21. The predicted octanol–water partition coefficient (Wildman–Crippen LogP) is 4.34. The van der Waals surface area contributed by atoms with Gasteiger partial charge in [-0.15, -0.1) is 0 Å². The molecule has 0 fully saturated rings. The molecule has 98 valence electrons. The Labute approximate surface area is 115 Å². The van der Waals surface area contributed by atoms with Crippen LogP contribution in [0.1, 0.15) is 36.9 Å². The molecule has 0 spiro atoms. The molecular formula is C18H21N. The molecule has 1 N–H and O–H groups in total. The van der Waals surface area contributed by atoms with Crippen LogP contribution in [0, 0.1) is 0 Å². The largest absolute Gasteiger partial charge is 0.310 e. The minimum absolute atomic E-state index is 0.554. The number of nitrogens with one attached hydrogen (secondary N) is 1. The van der Waals surface area contributed by atoms with Crippen LogP contribution in [0.3, 0.4) is 0 Å². The quantitative estimate of drug-likeness (QED) is 0.852. The van der Waals surface area contributed by atoms with Crippen LogP contribution in [-0.4, -0.2) is 6.54 Å². The van der Waals surface area contributed by atoms with Crippen LogP contribution in [0.4, 0.5) is 0 Å². The van der Waals surface area contributed by atoms with Crippen LogP contribution in [0.5, 0.6) is 0 Å². The van der Waals surface area contributed by atoms with E-state index >= 15 is 0 Å². The molecule has 1 atom stereocenters.